The van der Waals surface area contributed by atoms with Crippen LogP contribution in [-0.2, 0) is 12.6 Å². The Balaban J connectivity index is 1.96. The Morgan fingerprint density at radius 3 is 2.29 bits per heavy atom. The first-order chi connectivity index (χ1) is 9.86. The molecule has 0 fully saturated rings. The van der Waals surface area contributed by atoms with Crippen molar-refractivity contribution in [1.82, 2.24) is 0 Å². The quantitative estimate of drug-likeness (QED) is 0.810. The Morgan fingerprint density at radius 2 is 1.71 bits per heavy atom. The highest BCUT2D eigenvalue weighted by atomic mass is 35.5. The number of anilines is 2. The van der Waals surface area contributed by atoms with Crippen molar-refractivity contribution in [3.05, 3.63) is 58.6 Å². The van der Waals surface area contributed by atoms with Crippen LogP contribution in [0.25, 0.3) is 0 Å². The number of halogens is 4. The van der Waals surface area contributed by atoms with Gasteiger partial charge in [0.25, 0.3) is 0 Å². The smallest absolute Gasteiger partial charge is 0.397 e. The summed E-state index contributed by atoms with van der Waals surface area (Å²) in [5.41, 5.74) is 6.55. The molecule has 0 spiro atoms. The van der Waals surface area contributed by atoms with Crippen LogP contribution in [0.4, 0.5) is 24.5 Å². The van der Waals surface area contributed by atoms with Crippen LogP contribution in [0.1, 0.15) is 11.1 Å². The van der Waals surface area contributed by atoms with Gasteiger partial charge in [-0.05, 0) is 42.3 Å². The van der Waals surface area contributed by atoms with Gasteiger partial charge in [0.05, 0.1) is 16.9 Å². The number of nitrogens with two attached hydrogens (primary N) is 1. The Labute approximate surface area is 125 Å². The largest absolute Gasteiger partial charge is 0.416 e. The average Bonchev–Trinajstić information content (AvgIpc) is 2.41. The van der Waals surface area contributed by atoms with Gasteiger partial charge >= 0.3 is 6.18 Å². The first-order valence-electron chi connectivity index (χ1n) is 6.31. The molecule has 0 bridgehead atoms. The fourth-order valence-corrected chi connectivity index (χ4v) is 2.02. The fourth-order valence-electron chi connectivity index (χ4n) is 1.89. The van der Waals surface area contributed by atoms with Crippen LogP contribution in [0.5, 0.6) is 0 Å². The predicted octanol–water partition coefficient (Wildman–Crippen LogP) is 4.60. The second-order valence-corrected chi connectivity index (χ2v) is 5.04. The molecule has 0 aromatic heterocycles. The second kappa shape index (κ2) is 6.26. The van der Waals surface area contributed by atoms with E-state index in [1.807, 2.05) is 12.1 Å². The number of nitrogen functional groups attached to an aromatic ring is 1. The van der Waals surface area contributed by atoms with Crippen molar-refractivity contribution in [2.75, 3.05) is 17.6 Å². The van der Waals surface area contributed by atoms with E-state index in [0.717, 1.165) is 24.1 Å². The van der Waals surface area contributed by atoms with Crippen molar-refractivity contribution in [3.63, 3.8) is 0 Å². The lowest BCUT2D eigenvalue weighted by Gasteiger charge is -2.12. The Hall–Kier alpha value is -1.88. The van der Waals surface area contributed by atoms with Gasteiger partial charge in [-0.3, -0.25) is 0 Å². The molecule has 0 amide bonds. The van der Waals surface area contributed by atoms with Gasteiger partial charge < -0.3 is 11.1 Å². The Morgan fingerprint density at radius 1 is 1.05 bits per heavy atom. The molecule has 2 aromatic rings. The maximum atomic E-state index is 12.5. The molecule has 0 aliphatic heterocycles. The molecule has 0 unspecified atom stereocenters. The molecular formula is C15H14ClF3N2. The summed E-state index contributed by atoms with van der Waals surface area (Å²) in [6.07, 6.45) is -3.66. The summed E-state index contributed by atoms with van der Waals surface area (Å²) in [6, 6.07) is 10.7. The fraction of sp³-hybridized carbons (Fsp3) is 0.200. The van der Waals surface area contributed by atoms with E-state index in [1.54, 1.807) is 12.1 Å². The van der Waals surface area contributed by atoms with Gasteiger partial charge in [0.2, 0.25) is 0 Å². The monoisotopic (exact) mass is 314 g/mol. The van der Waals surface area contributed by atoms with Crippen molar-refractivity contribution in [1.29, 1.82) is 0 Å². The van der Waals surface area contributed by atoms with Gasteiger partial charge in [-0.2, -0.15) is 13.2 Å². The lowest BCUT2D eigenvalue weighted by molar-refractivity contribution is -0.137. The highest BCUT2D eigenvalue weighted by Gasteiger charge is 2.30. The summed E-state index contributed by atoms with van der Waals surface area (Å²) < 4.78 is 37.6. The number of nitrogens with one attached hydrogen (secondary N) is 1. The molecule has 6 heteroatoms. The number of hydrogen-bond acceptors (Lipinski definition) is 2. The van der Waals surface area contributed by atoms with Gasteiger partial charge in [0, 0.05) is 11.6 Å². The van der Waals surface area contributed by atoms with E-state index in [-0.39, 0.29) is 5.69 Å². The summed E-state index contributed by atoms with van der Waals surface area (Å²) in [7, 11) is 0. The minimum absolute atomic E-state index is 0.0842. The van der Waals surface area contributed by atoms with E-state index in [4.69, 9.17) is 17.3 Å². The summed E-state index contributed by atoms with van der Waals surface area (Å²) in [5, 5.41) is 3.69. The minimum atomic E-state index is -4.38. The first kappa shape index (κ1) is 15.5. The van der Waals surface area contributed by atoms with Crippen molar-refractivity contribution in [2.45, 2.75) is 12.6 Å². The molecule has 2 rings (SSSR count). The predicted molar refractivity (Wildman–Crippen MR) is 79.5 cm³/mol. The molecule has 0 atom stereocenters. The third-order valence-corrected chi connectivity index (χ3v) is 3.27. The topological polar surface area (TPSA) is 38.0 Å². The zero-order valence-electron chi connectivity index (χ0n) is 11.0. The number of rotatable bonds is 4. The van der Waals surface area contributed by atoms with E-state index in [0.29, 0.717) is 17.3 Å². The first-order valence-corrected chi connectivity index (χ1v) is 6.69. The van der Waals surface area contributed by atoms with Crippen molar-refractivity contribution in [2.24, 2.45) is 0 Å². The number of alkyl halides is 3. The van der Waals surface area contributed by atoms with Gasteiger partial charge in [0.1, 0.15) is 0 Å². The number of hydrogen-bond donors (Lipinski definition) is 2. The molecule has 0 saturated heterocycles. The van der Waals surface area contributed by atoms with Gasteiger partial charge in [-0.15, -0.1) is 0 Å². The normalized spacial score (nSPS) is 11.4. The Kier molecular flexibility index (Phi) is 4.63. The van der Waals surface area contributed by atoms with Gasteiger partial charge in [-0.25, -0.2) is 0 Å². The van der Waals surface area contributed by atoms with E-state index in [1.165, 1.54) is 6.07 Å². The maximum absolute atomic E-state index is 12.5. The summed E-state index contributed by atoms with van der Waals surface area (Å²) in [5.74, 6) is 0. The zero-order chi connectivity index (χ0) is 15.5. The van der Waals surface area contributed by atoms with Crippen molar-refractivity contribution < 1.29 is 13.2 Å². The summed E-state index contributed by atoms with van der Waals surface area (Å²) in [4.78, 5) is 0. The molecule has 0 heterocycles. The van der Waals surface area contributed by atoms with Crippen LogP contribution >= 0.6 is 11.6 Å². The molecule has 112 valence electrons. The van der Waals surface area contributed by atoms with Crippen LogP contribution < -0.4 is 11.1 Å². The van der Waals surface area contributed by atoms with Crippen LogP contribution in [0.15, 0.2) is 42.5 Å². The molecule has 3 N–H and O–H groups in total. The van der Waals surface area contributed by atoms with Crippen LogP contribution in [0.3, 0.4) is 0 Å². The summed E-state index contributed by atoms with van der Waals surface area (Å²) >= 11 is 5.79. The molecule has 2 nitrogen and oxygen atoms in total. The highest BCUT2D eigenvalue weighted by molar-refractivity contribution is 6.30. The van der Waals surface area contributed by atoms with Crippen molar-refractivity contribution in [3.8, 4) is 0 Å². The SMILES string of the molecule is Nc1cc(C(F)(F)F)ccc1NCCc1ccc(Cl)cc1. The highest BCUT2D eigenvalue weighted by Crippen LogP contribution is 2.32. The number of benzene rings is 2. The van der Waals surface area contributed by atoms with Crippen LogP contribution in [0, 0.1) is 0 Å². The minimum Gasteiger partial charge on any atom is -0.397 e. The second-order valence-electron chi connectivity index (χ2n) is 4.60. The zero-order valence-corrected chi connectivity index (χ0v) is 11.8. The third-order valence-electron chi connectivity index (χ3n) is 3.02. The molecule has 0 aliphatic carbocycles. The lowest BCUT2D eigenvalue weighted by atomic mass is 10.1. The summed E-state index contributed by atoms with van der Waals surface area (Å²) in [6.45, 7) is 0.567. The van der Waals surface area contributed by atoms with Crippen LogP contribution in [0.2, 0.25) is 5.02 Å². The van der Waals surface area contributed by atoms with Gasteiger partial charge in [-0.1, -0.05) is 23.7 Å². The standard InChI is InChI=1S/C15H14ClF3N2/c16-12-4-1-10(2-5-12)7-8-21-14-6-3-11(9-13(14)20)15(17,18)19/h1-6,9,21H,7-8,20H2. The molecule has 0 radical (unpaired) electrons. The molecule has 2 aromatic carbocycles. The molecule has 0 saturated carbocycles. The van der Waals surface area contributed by atoms with Crippen LogP contribution in [-0.4, -0.2) is 6.54 Å². The van der Waals surface area contributed by atoms with E-state index >= 15 is 0 Å². The molecule has 21 heavy (non-hydrogen) atoms. The van der Waals surface area contributed by atoms with E-state index in [9.17, 15) is 13.2 Å². The average molecular weight is 315 g/mol. The van der Waals surface area contributed by atoms with E-state index in [2.05, 4.69) is 5.32 Å². The lowest BCUT2D eigenvalue weighted by Crippen LogP contribution is -2.09. The Bertz CT molecular complexity index is 609. The van der Waals surface area contributed by atoms with E-state index < -0.39 is 11.7 Å². The maximum Gasteiger partial charge on any atom is 0.416 e. The van der Waals surface area contributed by atoms with Gasteiger partial charge in [0.15, 0.2) is 0 Å². The van der Waals surface area contributed by atoms with Crippen molar-refractivity contribution >= 4 is 23.0 Å². The third kappa shape index (κ3) is 4.29. The molecule has 0 aliphatic rings. The molecular weight excluding hydrogens is 301 g/mol.